The van der Waals surface area contributed by atoms with E-state index in [1.54, 1.807) is 19.4 Å². The van der Waals surface area contributed by atoms with E-state index in [4.69, 9.17) is 9.15 Å². The first-order valence-electron chi connectivity index (χ1n) is 9.32. The Balaban J connectivity index is 1.34. The van der Waals surface area contributed by atoms with E-state index in [9.17, 15) is 0 Å². The van der Waals surface area contributed by atoms with Crippen molar-refractivity contribution in [2.24, 2.45) is 4.99 Å². The summed E-state index contributed by atoms with van der Waals surface area (Å²) < 4.78 is 11.2. The van der Waals surface area contributed by atoms with Crippen molar-refractivity contribution in [3.63, 3.8) is 0 Å². The summed E-state index contributed by atoms with van der Waals surface area (Å²) in [5.74, 6) is 2.57. The number of nitrogens with one attached hydrogen (secondary N) is 3. The molecule has 148 valence electrons. The quantitative estimate of drug-likeness (QED) is 0.299. The number of guanidine groups is 1. The zero-order chi connectivity index (χ0) is 19.6. The summed E-state index contributed by atoms with van der Waals surface area (Å²) in [4.78, 5) is 8.60. The Morgan fingerprint density at radius 2 is 2.07 bits per heavy atom. The van der Waals surface area contributed by atoms with E-state index in [2.05, 4.69) is 49.9 Å². The van der Waals surface area contributed by atoms with E-state index in [1.807, 2.05) is 24.3 Å². The maximum atomic E-state index is 5.88. The van der Waals surface area contributed by atoms with Crippen molar-refractivity contribution in [1.82, 2.24) is 25.8 Å². The Morgan fingerprint density at radius 3 is 2.82 bits per heavy atom. The summed E-state index contributed by atoms with van der Waals surface area (Å²) in [5, 5.41) is 13.5. The Hall–Kier alpha value is -3.13. The van der Waals surface area contributed by atoms with Crippen LogP contribution in [0.3, 0.4) is 0 Å². The number of H-pyrrole nitrogens is 1. The molecule has 0 fully saturated rings. The lowest BCUT2D eigenvalue weighted by atomic mass is 10.1. The van der Waals surface area contributed by atoms with Crippen molar-refractivity contribution in [3.8, 4) is 11.6 Å². The van der Waals surface area contributed by atoms with Gasteiger partial charge in [0.25, 0.3) is 0 Å². The van der Waals surface area contributed by atoms with Crippen molar-refractivity contribution in [3.05, 3.63) is 60.1 Å². The molecule has 0 aliphatic heterocycles. The molecule has 3 rings (SSSR count). The van der Waals surface area contributed by atoms with E-state index < -0.39 is 0 Å². The Kier molecular flexibility index (Phi) is 7.20. The van der Waals surface area contributed by atoms with E-state index >= 15 is 0 Å². The standard InChI is InChI=1S/C20H26N6O2/c1-15(16-8-4-3-5-9-16)27-13-7-11-22-20(21-2)23-14-18-24-19(26-25-18)17-10-6-12-28-17/h3-6,8-10,12,15H,7,11,13-14H2,1-2H3,(H2,21,22,23)(H,24,25,26). The molecule has 1 atom stereocenters. The van der Waals surface area contributed by atoms with Crippen LogP contribution in [0.25, 0.3) is 11.6 Å². The summed E-state index contributed by atoms with van der Waals surface area (Å²) in [7, 11) is 1.73. The van der Waals surface area contributed by atoms with Crippen LogP contribution in [0.15, 0.2) is 58.1 Å². The highest BCUT2D eigenvalue weighted by Gasteiger charge is 2.09. The second kappa shape index (κ2) is 10.3. The smallest absolute Gasteiger partial charge is 0.216 e. The molecule has 0 saturated heterocycles. The number of benzene rings is 1. The third kappa shape index (κ3) is 5.68. The number of hydrogen-bond donors (Lipinski definition) is 3. The predicted molar refractivity (Wildman–Crippen MR) is 108 cm³/mol. The average Bonchev–Trinajstić information content (AvgIpc) is 3.42. The van der Waals surface area contributed by atoms with Gasteiger partial charge in [-0.25, -0.2) is 4.98 Å². The van der Waals surface area contributed by atoms with Crippen LogP contribution in [-0.2, 0) is 11.3 Å². The zero-order valence-electron chi connectivity index (χ0n) is 16.2. The highest BCUT2D eigenvalue weighted by Crippen LogP contribution is 2.16. The number of hydrogen-bond acceptors (Lipinski definition) is 5. The van der Waals surface area contributed by atoms with Crippen molar-refractivity contribution < 1.29 is 9.15 Å². The third-order valence-electron chi connectivity index (χ3n) is 4.17. The van der Waals surface area contributed by atoms with Gasteiger partial charge in [0.15, 0.2) is 11.7 Å². The van der Waals surface area contributed by atoms with Gasteiger partial charge in [0.1, 0.15) is 5.82 Å². The molecule has 1 unspecified atom stereocenters. The molecular weight excluding hydrogens is 356 g/mol. The fourth-order valence-corrected chi connectivity index (χ4v) is 2.64. The van der Waals surface area contributed by atoms with Crippen LogP contribution >= 0.6 is 0 Å². The number of aliphatic imine (C=N–C) groups is 1. The van der Waals surface area contributed by atoms with Gasteiger partial charge in [-0.3, -0.25) is 10.1 Å². The average molecular weight is 382 g/mol. The first-order chi connectivity index (χ1) is 13.8. The maximum Gasteiger partial charge on any atom is 0.216 e. The van der Waals surface area contributed by atoms with Crippen LogP contribution in [0, 0.1) is 0 Å². The lowest BCUT2D eigenvalue weighted by Gasteiger charge is -2.14. The number of aromatic amines is 1. The van der Waals surface area contributed by atoms with Gasteiger partial charge in [-0.15, -0.1) is 5.10 Å². The first-order valence-corrected chi connectivity index (χ1v) is 9.32. The molecule has 0 amide bonds. The summed E-state index contributed by atoms with van der Waals surface area (Å²) in [6, 6.07) is 13.8. The van der Waals surface area contributed by atoms with Gasteiger partial charge in [0, 0.05) is 20.2 Å². The second-order valence-corrected chi connectivity index (χ2v) is 6.21. The summed E-state index contributed by atoms with van der Waals surface area (Å²) >= 11 is 0. The molecule has 2 aromatic heterocycles. The second-order valence-electron chi connectivity index (χ2n) is 6.21. The molecule has 0 spiro atoms. The van der Waals surface area contributed by atoms with Gasteiger partial charge in [-0.05, 0) is 31.0 Å². The SMILES string of the molecule is CN=C(NCCCOC(C)c1ccccc1)NCc1nc(-c2ccco2)n[nH]1. The molecule has 3 aromatic rings. The Labute approximate surface area is 164 Å². The van der Waals surface area contributed by atoms with E-state index in [-0.39, 0.29) is 6.10 Å². The van der Waals surface area contributed by atoms with Gasteiger partial charge >= 0.3 is 0 Å². The monoisotopic (exact) mass is 382 g/mol. The molecule has 0 saturated carbocycles. The van der Waals surface area contributed by atoms with E-state index in [1.165, 1.54) is 5.56 Å². The lowest BCUT2D eigenvalue weighted by molar-refractivity contribution is 0.0646. The molecule has 3 N–H and O–H groups in total. The predicted octanol–water partition coefficient (Wildman–Crippen LogP) is 2.90. The van der Waals surface area contributed by atoms with E-state index in [0.29, 0.717) is 36.5 Å². The minimum Gasteiger partial charge on any atom is -0.461 e. The van der Waals surface area contributed by atoms with Gasteiger partial charge in [0.05, 0.1) is 18.9 Å². The van der Waals surface area contributed by atoms with Crippen LogP contribution in [0.1, 0.15) is 30.8 Å². The number of ether oxygens (including phenoxy) is 1. The fourth-order valence-electron chi connectivity index (χ4n) is 2.64. The van der Waals surface area contributed by atoms with Crippen LogP contribution in [0.4, 0.5) is 0 Å². The Morgan fingerprint density at radius 1 is 1.21 bits per heavy atom. The molecule has 0 aliphatic carbocycles. The highest BCUT2D eigenvalue weighted by molar-refractivity contribution is 5.79. The largest absolute Gasteiger partial charge is 0.461 e. The third-order valence-corrected chi connectivity index (χ3v) is 4.17. The highest BCUT2D eigenvalue weighted by atomic mass is 16.5. The summed E-state index contributed by atoms with van der Waals surface area (Å²) in [6.07, 6.45) is 2.57. The van der Waals surface area contributed by atoms with Crippen LogP contribution in [0.2, 0.25) is 0 Å². The number of nitrogens with zero attached hydrogens (tertiary/aromatic N) is 3. The van der Waals surface area contributed by atoms with Gasteiger partial charge in [-0.2, -0.15) is 0 Å². The molecule has 1 aromatic carbocycles. The van der Waals surface area contributed by atoms with Crippen LogP contribution < -0.4 is 10.6 Å². The fraction of sp³-hybridized carbons (Fsp3) is 0.350. The number of furan rings is 1. The van der Waals surface area contributed by atoms with Crippen molar-refractivity contribution >= 4 is 5.96 Å². The molecule has 8 nitrogen and oxygen atoms in total. The first kappa shape index (κ1) is 19.6. The van der Waals surface area contributed by atoms with Crippen molar-refractivity contribution in [1.29, 1.82) is 0 Å². The summed E-state index contributed by atoms with van der Waals surface area (Å²) in [6.45, 7) is 3.98. The Bertz CT molecular complexity index is 845. The topological polar surface area (TPSA) is 100 Å². The maximum absolute atomic E-state index is 5.88. The minimum atomic E-state index is 0.0912. The summed E-state index contributed by atoms with van der Waals surface area (Å²) in [5.41, 5.74) is 1.19. The van der Waals surface area contributed by atoms with Crippen molar-refractivity contribution in [2.45, 2.75) is 26.0 Å². The van der Waals surface area contributed by atoms with E-state index in [0.717, 1.165) is 13.0 Å². The van der Waals surface area contributed by atoms with Gasteiger partial charge < -0.3 is 19.8 Å². The molecule has 0 radical (unpaired) electrons. The zero-order valence-corrected chi connectivity index (χ0v) is 16.2. The van der Waals surface area contributed by atoms with Gasteiger partial charge in [-0.1, -0.05) is 30.3 Å². The molecule has 0 aliphatic rings. The molecule has 2 heterocycles. The lowest BCUT2D eigenvalue weighted by Crippen LogP contribution is -2.37. The van der Waals surface area contributed by atoms with Crippen molar-refractivity contribution in [2.75, 3.05) is 20.2 Å². The van der Waals surface area contributed by atoms with Crippen LogP contribution in [-0.4, -0.2) is 41.3 Å². The van der Waals surface area contributed by atoms with Crippen LogP contribution in [0.5, 0.6) is 0 Å². The minimum absolute atomic E-state index is 0.0912. The normalized spacial score (nSPS) is 12.7. The van der Waals surface area contributed by atoms with Gasteiger partial charge in [0.2, 0.25) is 5.82 Å². The molecule has 28 heavy (non-hydrogen) atoms. The number of rotatable bonds is 9. The molecule has 0 bridgehead atoms. The molecular formula is C20H26N6O2. The molecule has 8 heteroatoms. The number of aromatic nitrogens is 3.